The summed E-state index contributed by atoms with van der Waals surface area (Å²) in [5.74, 6) is 3.56. The molecule has 1 N–H and O–H groups in total. The Hall–Kier alpha value is -1.32. The summed E-state index contributed by atoms with van der Waals surface area (Å²) < 4.78 is 0. The van der Waals surface area contributed by atoms with Gasteiger partial charge in [-0.05, 0) is 19.3 Å². The highest BCUT2D eigenvalue weighted by molar-refractivity contribution is 5.49. The predicted octanol–water partition coefficient (Wildman–Crippen LogP) is 2.24. The van der Waals surface area contributed by atoms with Crippen molar-refractivity contribution in [3.63, 3.8) is 0 Å². The number of anilines is 2. The van der Waals surface area contributed by atoms with Crippen LogP contribution in [0.25, 0.3) is 0 Å². The van der Waals surface area contributed by atoms with Crippen LogP contribution in [0.1, 0.15) is 37.9 Å². The van der Waals surface area contributed by atoms with E-state index in [-0.39, 0.29) is 0 Å². The van der Waals surface area contributed by atoms with Gasteiger partial charge in [0.15, 0.2) is 0 Å². The number of nitrogens with zero attached hydrogens (tertiary/aromatic N) is 3. The second kappa shape index (κ2) is 4.68. The summed E-state index contributed by atoms with van der Waals surface area (Å²) in [4.78, 5) is 11.2. The standard InChI is InChI=1S/C12H20N4/c1-4-7-13-10-8-11(16(2)3)15-12(14-10)9-5-6-9/h8-9H,4-7H2,1-3H3,(H,13,14,15). The topological polar surface area (TPSA) is 41.0 Å². The van der Waals surface area contributed by atoms with Crippen molar-refractivity contribution in [1.29, 1.82) is 0 Å². The van der Waals surface area contributed by atoms with Gasteiger partial charge >= 0.3 is 0 Å². The van der Waals surface area contributed by atoms with Crippen molar-refractivity contribution in [2.75, 3.05) is 30.9 Å². The Kier molecular flexibility index (Phi) is 3.27. The molecule has 16 heavy (non-hydrogen) atoms. The Labute approximate surface area is 97.1 Å². The van der Waals surface area contributed by atoms with E-state index in [0.717, 1.165) is 30.4 Å². The van der Waals surface area contributed by atoms with Crippen LogP contribution in [0.15, 0.2) is 6.07 Å². The van der Waals surface area contributed by atoms with Gasteiger partial charge in [-0.1, -0.05) is 6.92 Å². The largest absolute Gasteiger partial charge is 0.370 e. The van der Waals surface area contributed by atoms with Crippen LogP contribution in [0.3, 0.4) is 0 Å². The maximum absolute atomic E-state index is 4.58. The minimum absolute atomic E-state index is 0.599. The summed E-state index contributed by atoms with van der Waals surface area (Å²) in [5, 5.41) is 3.33. The highest BCUT2D eigenvalue weighted by Crippen LogP contribution is 2.39. The fraction of sp³-hybridized carbons (Fsp3) is 0.667. The van der Waals surface area contributed by atoms with Gasteiger partial charge in [0.1, 0.15) is 17.5 Å². The van der Waals surface area contributed by atoms with Crippen molar-refractivity contribution in [2.24, 2.45) is 0 Å². The molecule has 1 fully saturated rings. The molecule has 4 heteroatoms. The molecule has 0 aliphatic heterocycles. The van der Waals surface area contributed by atoms with E-state index in [4.69, 9.17) is 0 Å². The molecular formula is C12H20N4. The van der Waals surface area contributed by atoms with Gasteiger partial charge in [-0.2, -0.15) is 0 Å². The van der Waals surface area contributed by atoms with Crippen molar-refractivity contribution < 1.29 is 0 Å². The minimum atomic E-state index is 0.599. The molecule has 1 aromatic rings. The van der Waals surface area contributed by atoms with E-state index in [1.165, 1.54) is 12.8 Å². The molecule has 1 saturated carbocycles. The van der Waals surface area contributed by atoms with Crippen LogP contribution in [0.5, 0.6) is 0 Å². The summed E-state index contributed by atoms with van der Waals surface area (Å²) in [7, 11) is 4.03. The van der Waals surface area contributed by atoms with Crippen LogP contribution in [-0.4, -0.2) is 30.6 Å². The molecule has 4 nitrogen and oxygen atoms in total. The van der Waals surface area contributed by atoms with Crippen LogP contribution in [-0.2, 0) is 0 Å². The lowest BCUT2D eigenvalue weighted by molar-refractivity contribution is 0.893. The molecule has 1 aliphatic rings. The van der Waals surface area contributed by atoms with Gasteiger partial charge in [0, 0.05) is 32.6 Å². The molecule has 0 atom stereocenters. The van der Waals surface area contributed by atoms with Crippen molar-refractivity contribution in [1.82, 2.24) is 9.97 Å². The fourth-order valence-electron chi connectivity index (χ4n) is 1.55. The Balaban J connectivity index is 2.21. The Morgan fingerprint density at radius 2 is 2.12 bits per heavy atom. The van der Waals surface area contributed by atoms with Gasteiger partial charge in [-0.3, -0.25) is 0 Å². The van der Waals surface area contributed by atoms with E-state index in [9.17, 15) is 0 Å². The monoisotopic (exact) mass is 220 g/mol. The zero-order valence-electron chi connectivity index (χ0n) is 10.3. The molecule has 0 radical (unpaired) electrons. The average Bonchev–Trinajstić information content (AvgIpc) is 3.09. The Morgan fingerprint density at radius 1 is 1.38 bits per heavy atom. The fourth-order valence-corrected chi connectivity index (χ4v) is 1.55. The lowest BCUT2D eigenvalue weighted by Crippen LogP contribution is -2.14. The quantitative estimate of drug-likeness (QED) is 0.826. The number of hydrogen-bond acceptors (Lipinski definition) is 4. The third kappa shape index (κ3) is 2.62. The van der Waals surface area contributed by atoms with E-state index in [2.05, 4.69) is 22.2 Å². The minimum Gasteiger partial charge on any atom is -0.370 e. The Morgan fingerprint density at radius 3 is 2.69 bits per heavy atom. The second-order valence-electron chi connectivity index (χ2n) is 4.57. The molecular weight excluding hydrogens is 200 g/mol. The van der Waals surface area contributed by atoms with Crippen LogP contribution >= 0.6 is 0 Å². The highest BCUT2D eigenvalue weighted by Gasteiger charge is 2.27. The molecule has 1 aromatic heterocycles. The van der Waals surface area contributed by atoms with E-state index < -0.39 is 0 Å². The third-order valence-corrected chi connectivity index (χ3v) is 2.69. The van der Waals surface area contributed by atoms with Gasteiger partial charge in [-0.15, -0.1) is 0 Å². The average molecular weight is 220 g/mol. The molecule has 2 rings (SSSR count). The maximum atomic E-state index is 4.58. The maximum Gasteiger partial charge on any atom is 0.136 e. The van der Waals surface area contributed by atoms with Crippen LogP contribution < -0.4 is 10.2 Å². The number of hydrogen-bond donors (Lipinski definition) is 1. The first-order chi connectivity index (χ1) is 7.70. The summed E-state index contributed by atoms with van der Waals surface area (Å²) in [6.07, 6.45) is 3.59. The molecule has 0 amide bonds. The smallest absolute Gasteiger partial charge is 0.136 e. The molecule has 0 bridgehead atoms. The summed E-state index contributed by atoms with van der Waals surface area (Å²) >= 11 is 0. The van der Waals surface area contributed by atoms with Gasteiger partial charge in [0.05, 0.1) is 0 Å². The number of nitrogens with one attached hydrogen (secondary N) is 1. The molecule has 1 aliphatic carbocycles. The van der Waals surface area contributed by atoms with E-state index >= 15 is 0 Å². The van der Waals surface area contributed by atoms with Crippen LogP contribution in [0.4, 0.5) is 11.6 Å². The lowest BCUT2D eigenvalue weighted by Gasteiger charge is -2.14. The molecule has 88 valence electrons. The van der Waals surface area contributed by atoms with Crippen molar-refractivity contribution >= 4 is 11.6 Å². The normalized spacial score (nSPS) is 14.9. The third-order valence-electron chi connectivity index (χ3n) is 2.69. The zero-order valence-corrected chi connectivity index (χ0v) is 10.3. The summed E-state index contributed by atoms with van der Waals surface area (Å²) in [6.45, 7) is 3.12. The lowest BCUT2D eigenvalue weighted by atomic mass is 10.3. The van der Waals surface area contributed by atoms with E-state index in [1.54, 1.807) is 0 Å². The number of rotatable bonds is 5. The number of aromatic nitrogens is 2. The first-order valence-electron chi connectivity index (χ1n) is 6.01. The van der Waals surface area contributed by atoms with Gasteiger partial charge in [0.25, 0.3) is 0 Å². The van der Waals surface area contributed by atoms with Crippen molar-refractivity contribution in [3.05, 3.63) is 11.9 Å². The second-order valence-corrected chi connectivity index (χ2v) is 4.57. The predicted molar refractivity (Wildman–Crippen MR) is 67.1 cm³/mol. The molecule has 1 heterocycles. The first kappa shape index (κ1) is 11.2. The summed E-state index contributed by atoms with van der Waals surface area (Å²) in [5.41, 5.74) is 0. The Bertz CT molecular complexity index is 338. The van der Waals surface area contributed by atoms with Gasteiger partial charge in [-0.25, -0.2) is 9.97 Å². The SMILES string of the molecule is CCCNc1cc(N(C)C)nc(C2CC2)n1. The molecule has 0 spiro atoms. The van der Waals surface area contributed by atoms with Gasteiger partial charge < -0.3 is 10.2 Å². The van der Waals surface area contributed by atoms with Crippen LogP contribution in [0.2, 0.25) is 0 Å². The van der Waals surface area contributed by atoms with Crippen molar-refractivity contribution in [3.8, 4) is 0 Å². The summed E-state index contributed by atoms with van der Waals surface area (Å²) in [6, 6.07) is 2.02. The van der Waals surface area contributed by atoms with Gasteiger partial charge in [0.2, 0.25) is 0 Å². The molecule has 0 aromatic carbocycles. The zero-order chi connectivity index (χ0) is 11.5. The van der Waals surface area contributed by atoms with Crippen molar-refractivity contribution in [2.45, 2.75) is 32.1 Å². The first-order valence-corrected chi connectivity index (χ1v) is 6.01. The van der Waals surface area contributed by atoms with E-state index in [0.29, 0.717) is 5.92 Å². The van der Waals surface area contributed by atoms with E-state index in [1.807, 2.05) is 25.1 Å². The van der Waals surface area contributed by atoms with Crippen LogP contribution in [0, 0.1) is 0 Å². The highest BCUT2D eigenvalue weighted by atomic mass is 15.2. The molecule has 0 unspecified atom stereocenters. The molecule has 0 saturated heterocycles.